The number of aliphatic imine (C=N–C) groups is 1. The van der Waals surface area contributed by atoms with Gasteiger partial charge >= 0.3 is 23.9 Å². The van der Waals surface area contributed by atoms with Gasteiger partial charge in [-0.05, 0) is 81.0 Å². The first-order valence-corrected chi connectivity index (χ1v) is 20.6. The largest absolute Gasteiger partial charge is 0.511 e. The predicted octanol–water partition coefficient (Wildman–Crippen LogP) is 8.11. The lowest BCUT2D eigenvalue weighted by molar-refractivity contribution is -0.152. The van der Waals surface area contributed by atoms with Gasteiger partial charge in [0.15, 0.2) is 5.78 Å². The Morgan fingerprint density at radius 1 is 0.778 bits per heavy atom. The highest BCUT2D eigenvalue weighted by molar-refractivity contribution is 6.23. The number of aliphatic hydroxyl groups excluding tert-OH is 1. The average molecular weight is 762 g/mol. The van der Waals surface area contributed by atoms with E-state index in [0.29, 0.717) is 49.9 Å². The SMILES string of the molecule is CC(C)COC(=O)CC[C@H](NC(=O)N[C@@H](CCCCN=C(CC(C)C)C1=C(O)CC(C)(C)CC1=O)C(=O)OC1CCCCCCCC1)C(=O)OCC(C)C. The van der Waals surface area contributed by atoms with E-state index in [4.69, 9.17) is 19.2 Å². The summed E-state index contributed by atoms with van der Waals surface area (Å²) >= 11 is 0. The minimum atomic E-state index is -1.13. The second-order valence-corrected chi connectivity index (χ2v) is 17.3. The summed E-state index contributed by atoms with van der Waals surface area (Å²) < 4.78 is 16.7. The Hall–Kier alpha value is -3.44. The Bertz CT molecular complexity index is 1280. The maximum Gasteiger partial charge on any atom is 0.328 e. The Morgan fingerprint density at radius 2 is 1.35 bits per heavy atom. The molecule has 0 aromatic heterocycles. The molecule has 12 nitrogen and oxygen atoms in total. The number of hydrogen-bond acceptors (Lipinski definition) is 10. The molecule has 308 valence electrons. The molecule has 0 bridgehead atoms. The quantitative estimate of drug-likeness (QED) is 0.0480. The van der Waals surface area contributed by atoms with E-state index in [1.54, 1.807) is 0 Å². The number of amides is 2. The molecule has 0 aromatic carbocycles. The zero-order valence-corrected chi connectivity index (χ0v) is 34.6. The second kappa shape index (κ2) is 24.2. The first-order chi connectivity index (χ1) is 25.5. The smallest absolute Gasteiger partial charge is 0.328 e. The number of rotatable bonds is 20. The first-order valence-electron chi connectivity index (χ1n) is 20.6. The summed E-state index contributed by atoms with van der Waals surface area (Å²) in [6.07, 6.45) is 10.3. The predicted molar refractivity (Wildman–Crippen MR) is 210 cm³/mol. The van der Waals surface area contributed by atoms with Crippen molar-refractivity contribution in [2.75, 3.05) is 19.8 Å². The number of hydrogen-bond donors (Lipinski definition) is 3. The van der Waals surface area contributed by atoms with Gasteiger partial charge in [0.25, 0.3) is 0 Å². The van der Waals surface area contributed by atoms with Crippen LogP contribution in [-0.2, 0) is 33.4 Å². The third-order valence-electron chi connectivity index (χ3n) is 9.48. The first kappa shape index (κ1) is 46.7. The van der Waals surface area contributed by atoms with E-state index in [0.717, 1.165) is 38.5 Å². The topological polar surface area (TPSA) is 170 Å². The molecule has 54 heavy (non-hydrogen) atoms. The van der Waals surface area contributed by atoms with Crippen molar-refractivity contribution in [2.45, 2.75) is 176 Å². The molecule has 2 aliphatic carbocycles. The van der Waals surface area contributed by atoms with Crippen LogP contribution in [0.4, 0.5) is 4.79 Å². The van der Waals surface area contributed by atoms with Crippen molar-refractivity contribution >= 4 is 35.4 Å². The van der Waals surface area contributed by atoms with Crippen LogP contribution >= 0.6 is 0 Å². The molecule has 0 aromatic rings. The van der Waals surface area contributed by atoms with E-state index in [-0.39, 0.29) is 73.3 Å². The molecule has 0 spiro atoms. The molecule has 0 heterocycles. The number of ether oxygens (including phenoxy) is 3. The molecule has 0 saturated heterocycles. The van der Waals surface area contributed by atoms with Crippen LogP contribution < -0.4 is 10.6 Å². The Morgan fingerprint density at radius 3 is 1.93 bits per heavy atom. The maximum absolute atomic E-state index is 13.7. The van der Waals surface area contributed by atoms with E-state index in [9.17, 15) is 29.1 Å². The molecule has 0 unspecified atom stereocenters. The van der Waals surface area contributed by atoms with Gasteiger partial charge in [-0.25, -0.2) is 14.4 Å². The number of aliphatic hydroxyl groups is 1. The zero-order valence-electron chi connectivity index (χ0n) is 34.6. The summed E-state index contributed by atoms with van der Waals surface area (Å²) in [5.41, 5.74) is 0.645. The van der Waals surface area contributed by atoms with E-state index < -0.39 is 36.0 Å². The van der Waals surface area contributed by atoms with Gasteiger partial charge in [0.1, 0.15) is 23.9 Å². The summed E-state index contributed by atoms with van der Waals surface area (Å²) in [6, 6.07) is -2.87. The highest BCUT2D eigenvalue weighted by Crippen LogP contribution is 2.37. The van der Waals surface area contributed by atoms with Crippen molar-refractivity contribution in [1.29, 1.82) is 0 Å². The van der Waals surface area contributed by atoms with Crippen LogP contribution in [0.25, 0.3) is 0 Å². The molecule has 0 aliphatic heterocycles. The standard InChI is InChI=1S/C42H71N3O9/c1-28(2)23-34(38-35(46)24-42(7,8)25-36(38)47)43-22-16-15-19-32(40(50)54-31-17-13-11-9-10-12-14-18-31)44-41(51)45-33(39(49)53-27-30(5)6)20-21-37(48)52-26-29(3)4/h28-33,46H,9-27H2,1-8H3,(H2,44,45,51)/t32-,33-/m0/s1. The summed E-state index contributed by atoms with van der Waals surface area (Å²) in [4.78, 5) is 70.4. The van der Waals surface area contributed by atoms with E-state index >= 15 is 0 Å². The van der Waals surface area contributed by atoms with Gasteiger partial charge in [0.2, 0.25) is 0 Å². The van der Waals surface area contributed by atoms with Crippen LogP contribution in [0.5, 0.6) is 0 Å². The monoisotopic (exact) mass is 762 g/mol. The minimum absolute atomic E-state index is 0.0266. The molecular formula is C42H71N3O9. The molecule has 2 amide bonds. The van der Waals surface area contributed by atoms with Crippen molar-refractivity contribution in [3.8, 4) is 0 Å². The summed E-state index contributed by atoms with van der Waals surface area (Å²) in [5.74, 6) is -1.23. The number of esters is 3. The fraction of sp³-hybridized carbons (Fsp3) is 0.810. The molecule has 3 N–H and O–H groups in total. The summed E-state index contributed by atoms with van der Waals surface area (Å²) in [5, 5.41) is 16.2. The van der Waals surface area contributed by atoms with Crippen LogP contribution in [0.15, 0.2) is 16.3 Å². The van der Waals surface area contributed by atoms with Crippen LogP contribution in [0, 0.1) is 23.2 Å². The van der Waals surface area contributed by atoms with Crippen LogP contribution in [0.1, 0.15) is 158 Å². The molecular weight excluding hydrogens is 690 g/mol. The highest BCUT2D eigenvalue weighted by Gasteiger charge is 2.35. The Kier molecular flexibility index (Phi) is 20.9. The number of ketones is 1. The lowest BCUT2D eigenvalue weighted by Gasteiger charge is -2.30. The summed E-state index contributed by atoms with van der Waals surface area (Å²) in [7, 11) is 0. The normalized spacial score (nSPS) is 18.4. The number of unbranched alkanes of at least 4 members (excludes halogenated alkanes) is 1. The van der Waals surface area contributed by atoms with Crippen LogP contribution in [0.3, 0.4) is 0 Å². The van der Waals surface area contributed by atoms with Crippen LogP contribution in [0.2, 0.25) is 0 Å². The van der Waals surface area contributed by atoms with Crippen LogP contribution in [-0.4, -0.2) is 78.5 Å². The van der Waals surface area contributed by atoms with Gasteiger partial charge in [-0.2, -0.15) is 0 Å². The van der Waals surface area contributed by atoms with E-state index in [2.05, 4.69) is 10.6 Å². The van der Waals surface area contributed by atoms with Gasteiger partial charge in [-0.15, -0.1) is 0 Å². The average Bonchev–Trinajstić information content (AvgIpc) is 3.20. The van der Waals surface area contributed by atoms with Gasteiger partial charge in [0.05, 0.1) is 18.8 Å². The summed E-state index contributed by atoms with van der Waals surface area (Å²) in [6.45, 7) is 16.4. The number of nitrogens with one attached hydrogen (secondary N) is 2. The Balaban J connectivity index is 2.19. The molecule has 0 radical (unpaired) electrons. The van der Waals surface area contributed by atoms with Gasteiger partial charge in [-0.3, -0.25) is 14.6 Å². The second-order valence-electron chi connectivity index (χ2n) is 17.3. The molecule has 12 heteroatoms. The molecule has 1 saturated carbocycles. The highest BCUT2D eigenvalue weighted by atomic mass is 16.5. The fourth-order valence-corrected chi connectivity index (χ4v) is 6.68. The molecule has 1 fully saturated rings. The third-order valence-corrected chi connectivity index (χ3v) is 9.48. The van der Waals surface area contributed by atoms with Crippen molar-refractivity contribution in [2.24, 2.45) is 28.2 Å². The number of carbonyl (C=O) groups is 5. The Labute approximate surface area is 324 Å². The number of nitrogens with zero attached hydrogens (tertiary/aromatic N) is 1. The maximum atomic E-state index is 13.7. The fourth-order valence-electron chi connectivity index (χ4n) is 6.68. The zero-order chi connectivity index (χ0) is 40.3. The molecule has 2 rings (SSSR count). The van der Waals surface area contributed by atoms with Crippen molar-refractivity contribution in [3.63, 3.8) is 0 Å². The van der Waals surface area contributed by atoms with Gasteiger partial charge < -0.3 is 30.0 Å². The van der Waals surface area contributed by atoms with E-state index in [1.807, 2.05) is 55.4 Å². The number of allylic oxidation sites excluding steroid dienone is 2. The van der Waals surface area contributed by atoms with Crippen molar-refractivity contribution in [1.82, 2.24) is 10.6 Å². The number of urea groups is 1. The number of carbonyl (C=O) groups excluding carboxylic acids is 5. The van der Waals surface area contributed by atoms with Gasteiger partial charge in [0, 0.05) is 31.5 Å². The van der Waals surface area contributed by atoms with Crippen molar-refractivity contribution in [3.05, 3.63) is 11.3 Å². The number of Topliss-reactive ketones (excluding diaryl/α,β-unsaturated/α-hetero) is 1. The van der Waals surface area contributed by atoms with E-state index in [1.165, 1.54) is 12.8 Å². The third kappa shape index (κ3) is 18.7. The molecule has 2 atom stereocenters. The van der Waals surface area contributed by atoms with Crippen molar-refractivity contribution < 1.29 is 43.3 Å². The lowest BCUT2D eigenvalue weighted by atomic mass is 9.75. The lowest BCUT2D eigenvalue weighted by Crippen LogP contribution is -2.52. The van der Waals surface area contributed by atoms with Gasteiger partial charge in [-0.1, -0.05) is 81.1 Å². The molecule has 2 aliphatic rings. The minimum Gasteiger partial charge on any atom is -0.511 e.